The van der Waals surface area contributed by atoms with Crippen LogP contribution in [-0.4, -0.2) is 30.6 Å². The Balaban J connectivity index is 2.61. The molecule has 2 radical (unpaired) electrons. The van der Waals surface area contributed by atoms with Crippen LogP contribution in [0.1, 0.15) is 20.3 Å². The predicted octanol–water partition coefficient (Wildman–Crippen LogP) is 0.667. The van der Waals surface area contributed by atoms with Gasteiger partial charge in [-0.25, -0.2) is 0 Å². The molecule has 1 aliphatic heterocycles. The van der Waals surface area contributed by atoms with Gasteiger partial charge in [0.2, 0.25) is 0 Å². The maximum absolute atomic E-state index is 11.2. The third-order valence-electron chi connectivity index (χ3n) is 2.00. The SMILES string of the molecule is [B]C(C)CC(C)N1C(=O)C=CC1=O. The summed E-state index contributed by atoms with van der Waals surface area (Å²) in [7, 11) is 5.58. The van der Waals surface area contributed by atoms with Crippen LogP contribution in [0, 0.1) is 0 Å². The molecule has 0 bridgehead atoms. The van der Waals surface area contributed by atoms with Crippen LogP contribution in [0.2, 0.25) is 5.82 Å². The second-order valence-corrected chi connectivity index (χ2v) is 3.44. The smallest absolute Gasteiger partial charge is 0.253 e. The lowest BCUT2D eigenvalue weighted by Gasteiger charge is -2.23. The van der Waals surface area contributed by atoms with Crippen LogP contribution in [0.3, 0.4) is 0 Å². The maximum Gasteiger partial charge on any atom is 0.253 e. The van der Waals surface area contributed by atoms with Crippen molar-refractivity contribution in [1.29, 1.82) is 0 Å². The minimum absolute atomic E-state index is 0.00352. The maximum atomic E-state index is 11.2. The van der Waals surface area contributed by atoms with E-state index in [0.717, 1.165) is 0 Å². The molecule has 0 spiro atoms. The third-order valence-corrected chi connectivity index (χ3v) is 2.00. The van der Waals surface area contributed by atoms with Crippen LogP contribution in [-0.2, 0) is 9.59 Å². The average Bonchev–Trinajstić information content (AvgIpc) is 2.29. The molecule has 0 saturated heterocycles. The molecule has 0 fully saturated rings. The zero-order chi connectivity index (χ0) is 10.0. The van der Waals surface area contributed by atoms with Gasteiger partial charge in [0.15, 0.2) is 0 Å². The molecular weight excluding hydrogens is 165 g/mol. The molecule has 0 aliphatic carbocycles. The van der Waals surface area contributed by atoms with E-state index in [2.05, 4.69) is 0 Å². The van der Waals surface area contributed by atoms with E-state index in [1.807, 2.05) is 13.8 Å². The first-order chi connectivity index (χ1) is 6.02. The van der Waals surface area contributed by atoms with Gasteiger partial charge in [-0.2, -0.15) is 0 Å². The van der Waals surface area contributed by atoms with Gasteiger partial charge in [-0.05, 0) is 13.3 Å². The van der Waals surface area contributed by atoms with Crippen LogP contribution < -0.4 is 0 Å². The Hall–Kier alpha value is -1.06. The van der Waals surface area contributed by atoms with Gasteiger partial charge in [-0.15, -0.1) is 0 Å². The van der Waals surface area contributed by atoms with Gasteiger partial charge in [0, 0.05) is 18.2 Å². The Morgan fingerprint density at radius 1 is 1.31 bits per heavy atom. The third kappa shape index (κ3) is 2.20. The van der Waals surface area contributed by atoms with Crippen molar-refractivity contribution in [2.75, 3.05) is 0 Å². The number of carbonyl (C=O) groups is 2. The summed E-state index contributed by atoms with van der Waals surface area (Å²) in [5.41, 5.74) is 0. The van der Waals surface area contributed by atoms with E-state index in [9.17, 15) is 9.59 Å². The molecule has 2 unspecified atom stereocenters. The van der Waals surface area contributed by atoms with E-state index in [4.69, 9.17) is 7.85 Å². The Bertz CT molecular complexity index is 242. The van der Waals surface area contributed by atoms with Gasteiger partial charge in [0.25, 0.3) is 11.8 Å². The minimum atomic E-state index is -0.238. The fourth-order valence-electron chi connectivity index (χ4n) is 1.49. The molecule has 0 aromatic carbocycles. The Morgan fingerprint density at radius 3 is 2.15 bits per heavy atom. The number of hydrogen-bond acceptors (Lipinski definition) is 2. The molecule has 0 aromatic rings. The standard InChI is InChI=1S/C9H12BNO2/c1-6(10)5-7(2)11-8(12)3-4-9(11)13/h3-4,6-7H,5H2,1-2H3. The lowest BCUT2D eigenvalue weighted by molar-refractivity contribution is -0.139. The van der Waals surface area contributed by atoms with Crippen molar-refractivity contribution < 1.29 is 9.59 Å². The van der Waals surface area contributed by atoms with Crippen LogP contribution in [0.4, 0.5) is 0 Å². The molecular formula is C9H12BNO2. The highest BCUT2D eigenvalue weighted by atomic mass is 16.2. The summed E-state index contributed by atoms with van der Waals surface area (Å²) in [5.74, 6) is -0.479. The molecule has 0 saturated carbocycles. The fraction of sp³-hybridized carbons (Fsp3) is 0.556. The molecule has 68 valence electrons. The highest BCUT2D eigenvalue weighted by Crippen LogP contribution is 2.16. The number of imide groups is 1. The summed E-state index contributed by atoms with van der Waals surface area (Å²) in [6, 6.07) is -0.116. The highest BCUT2D eigenvalue weighted by Gasteiger charge is 2.28. The zero-order valence-electron chi connectivity index (χ0n) is 7.86. The first kappa shape index (κ1) is 10.0. The van der Waals surface area contributed by atoms with Crippen molar-refractivity contribution in [2.45, 2.75) is 32.1 Å². The van der Waals surface area contributed by atoms with Gasteiger partial charge < -0.3 is 0 Å². The molecule has 13 heavy (non-hydrogen) atoms. The molecule has 1 aliphatic rings. The van der Waals surface area contributed by atoms with Gasteiger partial charge in [-0.3, -0.25) is 14.5 Å². The quantitative estimate of drug-likeness (QED) is 0.469. The van der Waals surface area contributed by atoms with E-state index >= 15 is 0 Å². The highest BCUT2D eigenvalue weighted by molar-refractivity contribution is 6.13. The predicted molar refractivity (Wildman–Crippen MR) is 50.3 cm³/mol. The summed E-state index contributed by atoms with van der Waals surface area (Å²) in [5, 5.41) is 0. The topological polar surface area (TPSA) is 37.4 Å². The second-order valence-electron chi connectivity index (χ2n) is 3.44. The minimum Gasteiger partial charge on any atom is -0.273 e. The number of nitrogens with zero attached hydrogens (tertiary/aromatic N) is 1. The Labute approximate surface area is 79.2 Å². The summed E-state index contributed by atoms with van der Waals surface area (Å²) in [6.45, 7) is 3.68. The van der Waals surface area contributed by atoms with E-state index in [1.165, 1.54) is 17.1 Å². The summed E-state index contributed by atoms with van der Waals surface area (Å²) in [4.78, 5) is 23.6. The molecule has 0 aromatic heterocycles. The Kier molecular flexibility index (Phi) is 2.91. The second kappa shape index (κ2) is 3.77. The van der Waals surface area contributed by atoms with Crippen molar-refractivity contribution in [3.8, 4) is 0 Å². The van der Waals surface area contributed by atoms with E-state index in [1.54, 1.807) is 0 Å². The van der Waals surface area contributed by atoms with Crippen molar-refractivity contribution in [3.05, 3.63) is 12.2 Å². The van der Waals surface area contributed by atoms with Crippen molar-refractivity contribution in [2.24, 2.45) is 0 Å². The number of carbonyl (C=O) groups excluding carboxylic acids is 2. The van der Waals surface area contributed by atoms with Crippen LogP contribution in [0.15, 0.2) is 12.2 Å². The van der Waals surface area contributed by atoms with Gasteiger partial charge in [-0.1, -0.05) is 12.7 Å². The number of hydrogen-bond donors (Lipinski definition) is 0. The monoisotopic (exact) mass is 177 g/mol. The largest absolute Gasteiger partial charge is 0.273 e. The van der Waals surface area contributed by atoms with Crippen molar-refractivity contribution >= 4 is 19.7 Å². The lowest BCUT2D eigenvalue weighted by Crippen LogP contribution is -2.38. The molecule has 2 amide bonds. The summed E-state index contributed by atoms with van der Waals surface area (Å²) in [6.07, 6.45) is 3.22. The van der Waals surface area contributed by atoms with Gasteiger partial charge >= 0.3 is 0 Å². The first-order valence-electron chi connectivity index (χ1n) is 4.33. The van der Waals surface area contributed by atoms with Crippen LogP contribution in [0.5, 0.6) is 0 Å². The normalized spacial score (nSPS) is 20.9. The van der Waals surface area contributed by atoms with Crippen LogP contribution >= 0.6 is 0 Å². The Morgan fingerprint density at radius 2 is 1.77 bits per heavy atom. The van der Waals surface area contributed by atoms with E-state index < -0.39 is 0 Å². The molecule has 2 atom stereocenters. The molecule has 1 rings (SSSR count). The fourth-order valence-corrected chi connectivity index (χ4v) is 1.49. The summed E-state index contributed by atoms with van der Waals surface area (Å²) < 4.78 is 0. The molecule has 0 N–H and O–H groups in total. The van der Waals surface area contributed by atoms with Gasteiger partial charge in [0.1, 0.15) is 0 Å². The van der Waals surface area contributed by atoms with Crippen molar-refractivity contribution in [1.82, 2.24) is 4.90 Å². The summed E-state index contributed by atoms with van der Waals surface area (Å²) >= 11 is 0. The number of rotatable bonds is 3. The average molecular weight is 177 g/mol. The van der Waals surface area contributed by atoms with E-state index in [-0.39, 0.29) is 23.7 Å². The molecule has 3 nitrogen and oxygen atoms in total. The van der Waals surface area contributed by atoms with E-state index in [0.29, 0.717) is 6.42 Å². The molecule has 1 heterocycles. The first-order valence-corrected chi connectivity index (χ1v) is 4.33. The lowest BCUT2D eigenvalue weighted by atomic mass is 9.84. The molecule has 4 heteroatoms. The van der Waals surface area contributed by atoms with Gasteiger partial charge in [0.05, 0.1) is 7.85 Å². The van der Waals surface area contributed by atoms with Crippen molar-refractivity contribution in [3.63, 3.8) is 0 Å². The van der Waals surface area contributed by atoms with Crippen LogP contribution in [0.25, 0.3) is 0 Å². The number of amides is 2. The zero-order valence-corrected chi connectivity index (χ0v) is 7.86.